The lowest BCUT2D eigenvalue weighted by Gasteiger charge is -2.34. The number of carbonyl (C=O) groups is 2. The van der Waals surface area contributed by atoms with E-state index in [-0.39, 0.29) is 18.5 Å². The van der Waals surface area contributed by atoms with E-state index in [0.29, 0.717) is 37.4 Å². The number of ether oxygens (including phenoxy) is 2. The van der Waals surface area contributed by atoms with E-state index < -0.39 is 12.1 Å². The van der Waals surface area contributed by atoms with E-state index in [1.165, 1.54) is 4.90 Å². The maximum atomic E-state index is 12.7. The van der Waals surface area contributed by atoms with Crippen LogP contribution in [-0.4, -0.2) is 53.8 Å². The zero-order valence-corrected chi connectivity index (χ0v) is 13.5. The molecule has 1 fully saturated rings. The van der Waals surface area contributed by atoms with E-state index >= 15 is 0 Å². The molecule has 1 aliphatic rings. The third kappa shape index (κ3) is 4.70. The van der Waals surface area contributed by atoms with Gasteiger partial charge in [-0.3, -0.25) is 9.59 Å². The Morgan fingerprint density at radius 1 is 1.46 bits per heavy atom. The average molecular weight is 332 g/mol. The molecule has 0 saturated carbocycles. The molecule has 0 bridgehead atoms. The zero-order valence-electron chi connectivity index (χ0n) is 13.5. The van der Waals surface area contributed by atoms with Crippen molar-refractivity contribution in [3.8, 4) is 11.8 Å². The zero-order chi connectivity index (χ0) is 17.5. The molecule has 1 atom stereocenters. The number of nitriles is 1. The van der Waals surface area contributed by atoms with Crippen LogP contribution in [0.4, 0.5) is 0 Å². The van der Waals surface area contributed by atoms with E-state index in [2.05, 4.69) is 0 Å². The molecule has 1 aromatic carbocycles. The molecule has 1 saturated heterocycles. The molecule has 7 nitrogen and oxygen atoms in total. The molecule has 0 aliphatic carbocycles. The van der Waals surface area contributed by atoms with Crippen LogP contribution in [0.3, 0.4) is 0 Å². The molecule has 7 heteroatoms. The van der Waals surface area contributed by atoms with Crippen molar-refractivity contribution >= 4 is 11.9 Å². The molecular formula is C17H20N2O5. The Kier molecular flexibility index (Phi) is 6.15. The number of hydrogen-bond acceptors (Lipinski definition) is 5. The summed E-state index contributed by atoms with van der Waals surface area (Å²) in [7, 11) is 0. The molecular weight excluding hydrogens is 312 g/mol. The summed E-state index contributed by atoms with van der Waals surface area (Å²) in [5, 5.41) is 18.0. The van der Waals surface area contributed by atoms with Gasteiger partial charge < -0.3 is 19.5 Å². The van der Waals surface area contributed by atoms with Crippen molar-refractivity contribution in [1.29, 1.82) is 5.26 Å². The summed E-state index contributed by atoms with van der Waals surface area (Å²) in [6.07, 6.45) is 0.367. The number of carbonyl (C=O) groups excluding carboxylic acids is 1. The first-order valence-corrected chi connectivity index (χ1v) is 7.78. The summed E-state index contributed by atoms with van der Waals surface area (Å²) < 4.78 is 10.9. The largest absolute Gasteiger partial charge is 0.481 e. The first-order chi connectivity index (χ1) is 11.5. The third-order valence-corrected chi connectivity index (χ3v) is 3.84. The van der Waals surface area contributed by atoms with Crippen molar-refractivity contribution in [1.82, 2.24) is 4.90 Å². The fourth-order valence-corrected chi connectivity index (χ4v) is 2.66. The standard InChI is InChI=1S/C17H20N2O5/c1-12(24-15-4-2-3-13(9-15)10-18)17(22)19(11-16(20)21)14-5-7-23-8-6-14/h2-4,9,12,14H,5-8,11H2,1H3,(H,20,21)/t12-/m0/s1. The molecule has 0 spiro atoms. The smallest absolute Gasteiger partial charge is 0.323 e. The van der Waals surface area contributed by atoms with Gasteiger partial charge in [0.1, 0.15) is 12.3 Å². The molecule has 2 rings (SSSR count). The minimum Gasteiger partial charge on any atom is -0.481 e. The highest BCUT2D eigenvalue weighted by Crippen LogP contribution is 2.19. The summed E-state index contributed by atoms with van der Waals surface area (Å²) in [5.41, 5.74) is 0.430. The number of hydrogen-bond donors (Lipinski definition) is 1. The topological polar surface area (TPSA) is 99.9 Å². The number of rotatable bonds is 6. The van der Waals surface area contributed by atoms with Gasteiger partial charge in [-0.15, -0.1) is 0 Å². The van der Waals surface area contributed by atoms with Crippen molar-refractivity contribution in [2.45, 2.75) is 31.9 Å². The fourth-order valence-electron chi connectivity index (χ4n) is 2.66. The van der Waals surface area contributed by atoms with Crippen LogP contribution in [-0.2, 0) is 14.3 Å². The first-order valence-electron chi connectivity index (χ1n) is 7.78. The maximum Gasteiger partial charge on any atom is 0.323 e. The van der Waals surface area contributed by atoms with Crippen molar-refractivity contribution in [3.05, 3.63) is 29.8 Å². The number of nitrogens with zero attached hydrogens (tertiary/aromatic N) is 2. The van der Waals surface area contributed by atoms with Crippen LogP contribution in [0.15, 0.2) is 24.3 Å². The second-order valence-electron chi connectivity index (χ2n) is 5.60. The molecule has 1 amide bonds. The van der Waals surface area contributed by atoms with E-state index in [4.69, 9.17) is 19.8 Å². The fraction of sp³-hybridized carbons (Fsp3) is 0.471. The van der Waals surface area contributed by atoms with Crippen LogP contribution in [0.1, 0.15) is 25.3 Å². The van der Waals surface area contributed by atoms with Crippen LogP contribution in [0.25, 0.3) is 0 Å². The predicted molar refractivity (Wildman–Crippen MR) is 84.4 cm³/mol. The highest BCUT2D eigenvalue weighted by atomic mass is 16.5. The van der Waals surface area contributed by atoms with Gasteiger partial charge in [-0.05, 0) is 38.0 Å². The molecule has 0 radical (unpaired) electrons. The van der Waals surface area contributed by atoms with Gasteiger partial charge in [-0.25, -0.2) is 0 Å². The molecule has 1 aromatic rings. The maximum absolute atomic E-state index is 12.7. The van der Waals surface area contributed by atoms with Gasteiger partial charge in [0.15, 0.2) is 6.10 Å². The van der Waals surface area contributed by atoms with E-state index in [1.54, 1.807) is 31.2 Å². The van der Waals surface area contributed by atoms with Gasteiger partial charge in [0.2, 0.25) is 0 Å². The summed E-state index contributed by atoms with van der Waals surface area (Å²) in [5.74, 6) is -1.04. The number of benzene rings is 1. The predicted octanol–water partition coefficient (Wildman–Crippen LogP) is 1.42. The lowest BCUT2D eigenvalue weighted by atomic mass is 10.1. The van der Waals surface area contributed by atoms with Crippen molar-refractivity contribution in [2.75, 3.05) is 19.8 Å². The number of carboxylic acid groups (broad SMARTS) is 1. The van der Waals surface area contributed by atoms with Crippen LogP contribution >= 0.6 is 0 Å². The molecule has 24 heavy (non-hydrogen) atoms. The second-order valence-corrected chi connectivity index (χ2v) is 5.60. The van der Waals surface area contributed by atoms with Crippen LogP contribution in [0.2, 0.25) is 0 Å². The third-order valence-electron chi connectivity index (χ3n) is 3.84. The van der Waals surface area contributed by atoms with Crippen molar-refractivity contribution in [3.63, 3.8) is 0 Å². The Bertz CT molecular complexity index is 634. The molecule has 0 aromatic heterocycles. The summed E-state index contributed by atoms with van der Waals surface area (Å²) >= 11 is 0. The van der Waals surface area contributed by atoms with Crippen LogP contribution in [0, 0.1) is 11.3 Å². The van der Waals surface area contributed by atoms with E-state index in [0.717, 1.165) is 0 Å². The normalized spacial score (nSPS) is 16.0. The van der Waals surface area contributed by atoms with Gasteiger partial charge >= 0.3 is 5.97 Å². The monoisotopic (exact) mass is 332 g/mol. The van der Waals surface area contributed by atoms with Gasteiger partial charge in [0, 0.05) is 19.3 Å². The Hall–Kier alpha value is -2.59. The minimum atomic E-state index is -1.06. The summed E-state index contributed by atoms with van der Waals surface area (Å²) in [6, 6.07) is 8.33. The Morgan fingerprint density at radius 2 is 2.17 bits per heavy atom. The van der Waals surface area contributed by atoms with Crippen LogP contribution in [0.5, 0.6) is 5.75 Å². The van der Waals surface area contributed by atoms with Crippen molar-refractivity contribution < 1.29 is 24.2 Å². The quantitative estimate of drug-likeness (QED) is 0.845. The molecule has 128 valence electrons. The molecule has 0 unspecified atom stereocenters. The molecule has 1 heterocycles. The van der Waals surface area contributed by atoms with Gasteiger partial charge in [0.05, 0.1) is 11.6 Å². The molecule has 1 N–H and O–H groups in total. The SMILES string of the molecule is C[C@H](Oc1cccc(C#N)c1)C(=O)N(CC(=O)O)C1CCOCC1. The first kappa shape index (κ1) is 17.8. The highest BCUT2D eigenvalue weighted by molar-refractivity contribution is 5.85. The lowest BCUT2D eigenvalue weighted by molar-refractivity contribution is -0.151. The Labute approximate surface area is 140 Å². The summed E-state index contributed by atoms with van der Waals surface area (Å²) in [4.78, 5) is 25.1. The minimum absolute atomic E-state index is 0.168. The van der Waals surface area contributed by atoms with E-state index in [9.17, 15) is 9.59 Å². The Balaban J connectivity index is 2.09. The van der Waals surface area contributed by atoms with Crippen LogP contribution < -0.4 is 4.74 Å². The second kappa shape index (κ2) is 8.31. The van der Waals surface area contributed by atoms with E-state index in [1.807, 2.05) is 6.07 Å². The number of aliphatic carboxylic acids is 1. The summed E-state index contributed by atoms with van der Waals surface area (Å²) in [6.45, 7) is 2.23. The molecule has 1 aliphatic heterocycles. The van der Waals surface area contributed by atoms with Crippen molar-refractivity contribution in [2.24, 2.45) is 0 Å². The van der Waals surface area contributed by atoms with Gasteiger partial charge in [0.25, 0.3) is 5.91 Å². The highest BCUT2D eigenvalue weighted by Gasteiger charge is 2.31. The Morgan fingerprint density at radius 3 is 2.79 bits per heavy atom. The lowest BCUT2D eigenvalue weighted by Crippen LogP contribution is -2.50. The van der Waals surface area contributed by atoms with Gasteiger partial charge in [-0.2, -0.15) is 5.26 Å². The number of carboxylic acids is 1. The van der Waals surface area contributed by atoms with Gasteiger partial charge in [-0.1, -0.05) is 6.07 Å². The average Bonchev–Trinajstić information content (AvgIpc) is 2.59. The number of amides is 1.